The van der Waals surface area contributed by atoms with Crippen LogP contribution in [-0.4, -0.2) is 25.5 Å². The Labute approximate surface area is 158 Å². The Morgan fingerprint density at radius 2 is 2.00 bits per heavy atom. The Kier molecular flexibility index (Phi) is 4.18. The number of fused-ring (bicyclic) bond motifs is 1. The molecule has 6 heteroatoms. The Morgan fingerprint density at radius 3 is 2.74 bits per heavy atom. The quantitative estimate of drug-likeness (QED) is 0.722. The molecule has 1 atom stereocenters. The summed E-state index contributed by atoms with van der Waals surface area (Å²) in [6.07, 6.45) is 4.24. The summed E-state index contributed by atoms with van der Waals surface area (Å²) in [7, 11) is 0. The van der Waals surface area contributed by atoms with E-state index in [0.29, 0.717) is 13.0 Å². The Bertz CT molecular complexity index is 1040. The lowest BCUT2D eigenvalue weighted by atomic mass is 9.86. The van der Waals surface area contributed by atoms with Gasteiger partial charge in [0, 0.05) is 29.7 Å². The van der Waals surface area contributed by atoms with Gasteiger partial charge in [-0.2, -0.15) is 10.2 Å². The zero-order chi connectivity index (χ0) is 19.1. The molecule has 27 heavy (non-hydrogen) atoms. The average molecular weight is 361 g/mol. The van der Waals surface area contributed by atoms with Gasteiger partial charge < -0.3 is 5.32 Å². The molecule has 6 nitrogen and oxygen atoms in total. The summed E-state index contributed by atoms with van der Waals surface area (Å²) in [5.41, 5.74) is 6.08. The van der Waals surface area contributed by atoms with Crippen molar-refractivity contribution < 1.29 is 4.79 Å². The van der Waals surface area contributed by atoms with Crippen LogP contribution >= 0.6 is 0 Å². The van der Waals surface area contributed by atoms with E-state index in [1.807, 2.05) is 66.7 Å². The minimum absolute atomic E-state index is 0.00175. The number of aromatic nitrogens is 4. The third-order valence-corrected chi connectivity index (χ3v) is 5.12. The maximum absolute atomic E-state index is 12.5. The molecule has 1 aromatic carbocycles. The van der Waals surface area contributed by atoms with Crippen molar-refractivity contribution in [3.8, 4) is 5.69 Å². The summed E-state index contributed by atoms with van der Waals surface area (Å²) in [5, 5.41) is 12.4. The lowest BCUT2D eigenvalue weighted by Gasteiger charge is -2.24. The minimum Gasteiger partial charge on any atom is -0.310 e. The number of para-hydroxylation sites is 1. The van der Waals surface area contributed by atoms with E-state index in [-0.39, 0.29) is 11.8 Å². The minimum atomic E-state index is -0.0508. The Hall–Kier alpha value is -3.15. The lowest BCUT2D eigenvalue weighted by molar-refractivity contribution is -0.116. The number of allylic oxidation sites excluding steroid dienone is 1. The first kappa shape index (κ1) is 17.3. The third-order valence-electron chi connectivity index (χ3n) is 5.12. The second-order valence-corrected chi connectivity index (χ2v) is 7.03. The summed E-state index contributed by atoms with van der Waals surface area (Å²) in [6, 6.07) is 8.05. The largest absolute Gasteiger partial charge is 0.310 e. The number of anilines is 1. The van der Waals surface area contributed by atoms with Crippen LogP contribution in [0.25, 0.3) is 5.69 Å². The van der Waals surface area contributed by atoms with E-state index in [9.17, 15) is 4.79 Å². The van der Waals surface area contributed by atoms with E-state index in [0.717, 1.165) is 39.6 Å². The van der Waals surface area contributed by atoms with Crippen LogP contribution in [-0.2, 0) is 11.3 Å². The van der Waals surface area contributed by atoms with Crippen LogP contribution in [0.4, 0.5) is 5.82 Å². The number of hydrogen-bond donors (Lipinski definition) is 1. The Morgan fingerprint density at radius 1 is 1.22 bits per heavy atom. The first-order valence-electron chi connectivity index (χ1n) is 9.09. The predicted molar refractivity (Wildman–Crippen MR) is 105 cm³/mol. The molecule has 0 saturated heterocycles. The molecule has 2 aromatic heterocycles. The van der Waals surface area contributed by atoms with Crippen molar-refractivity contribution in [2.24, 2.45) is 0 Å². The zero-order valence-corrected chi connectivity index (χ0v) is 15.9. The standard InChI is InChI=1S/C21H23N5O/c1-5-10-25-12-17(14(3)23-25)16-11-19(27)22-21-20(16)15(4)24-26(21)18-9-7-6-8-13(18)2/h5-9,12,16H,1,10-11H2,2-4H3,(H,22,27)/t16-/m0/s1. The summed E-state index contributed by atoms with van der Waals surface area (Å²) in [4.78, 5) is 12.5. The SMILES string of the molecule is C=CCn1cc([C@@H]2CC(=O)Nc3c2c(C)nn3-c2ccccc2C)c(C)n1. The van der Waals surface area contributed by atoms with Crippen molar-refractivity contribution in [1.29, 1.82) is 0 Å². The molecule has 0 saturated carbocycles. The van der Waals surface area contributed by atoms with Crippen LogP contribution in [0.5, 0.6) is 0 Å². The lowest BCUT2D eigenvalue weighted by Crippen LogP contribution is -2.25. The molecule has 3 aromatic rings. The van der Waals surface area contributed by atoms with E-state index in [1.54, 1.807) is 0 Å². The van der Waals surface area contributed by atoms with Gasteiger partial charge in [-0.1, -0.05) is 24.3 Å². The fourth-order valence-corrected chi connectivity index (χ4v) is 3.89. The van der Waals surface area contributed by atoms with E-state index >= 15 is 0 Å². The van der Waals surface area contributed by atoms with Crippen molar-refractivity contribution in [3.63, 3.8) is 0 Å². The zero-order valence-electron chi connectivity index (χ0n) is 15.9. The van der Waals surface area contributed by atoms with Crippen molar-refractivity contribution in [3.05, 3.63) is 71.2 Å². The van der Waals surface area contributed by atoms with Crippen molar-refractivity contribution in [1.82, 2.24) is 19.6 Å². The number of carbonyl (C=O) groups excluding carboxylic acids is 1. The van der Waals surface area contributed by atoms with Gasteiger partial charge in [0.15, 0.2) is 0 Å². The highest BCUT2D eigenvalue weighted by atomic mass is 16.1. The number of carbonyl (C=O) groups is 1. The number of benzene rings is 1. The molecular formula is C21H23N5O. The highest BCUT2D eigenvalue weighted by Gasteiger charge is 2.34. The molecule has 1 aliphatic rings. The number of nitrogens with one attached hydrogen (secondary N) is 1. The molecule has 3 heterocycles. The van der Waals surface area contributed by atoms with Crippen LogP contribution < -0.4 is 5.32 Å². The second kappa shape index (κ2) is 6.54. The highest BCUT2D eigenvalue weighted by molar-refractivity contribution is 5.95. The van der Waals surface area contributed by atoms with Crippen molar-refractivity contribution in [2.75, 3.05) is 5.32 Å². The first-order valence-corrected chi connectivity index (χ1v) is 9.09. The number of amides is 1. The van der Waals surface area contributed by atoms with Crippen LogP contribution in [0.1, 0.15) is 40.4 Å². The molecule has 0 aliphatic carbocycles. The number of nitrogens with zero attached hydrogens (tertiary/aromatic N) is 4. The number of aryl methyl sites for hydroxylation is 3. The molecule has 1 amide bonds. The van der Waals surface area contributed by atoms with Gasteiger partial charge in [0.05, 0.1) is 23.6 Å². The van der Waals surface area contributed by atoms with Gasteiger partial charge in [-0.3, -0.25) is 9.48 Å². The molecule has 0 bridgehead atoms. The van der Waals surface area contributed by atoms with Crippen LogP contribution in [0.15, 0.2) is 43.1 Å². The van der Waals surface area contributed by atoms with Gasteiger partial charge in [-0.25, -0.2) is 4.68 Å². The maximum atomic E-state index is 12.5. The monoisotopic (exact) mass is 361 g/mol. The molecule has 0 unspecified atom stereocenters. The van der Waals surface area contributed by atoms with Gasteiger partial charge in [-0.05, 0) is 32.4 Å². The van der Waals surface area contributed by atoms with E-state index in [1.165, 1.54) is 0 Å². The van der Waals surface area contributed by atoms with E-state index in [2.05, 4.69) is 17.0 Å². The fourth-order valence-electron chi connectivity index (χ4n) is 3.89. The summed E-state index contributed by atoms with van der Waals surface area (Å²) in [5.74, 6) is 0.710. The van der Waals surface area contributed by atoms with Gasteiger partial charge in [-0.15, -0.1) is 6.58 Å². The molecule has 4 rings (SSSR count). The average Bonchev–Trinajstić information content (AvgIpc) is 3.15. The smallest absolute Gasteiger partial charge is 0.226 e. The summed E-state index contributed by atoms with van der Waals surface area (Å²) < 4.78 is 3.72. The second-order valence-electron chi connectivity index (χ2n) is 7.03. The Balaban J connectivity index is 1.87. The first-order chi connectivity index (χ1) is 13.0. The van der Waals surface area contributed by atoms with E-state index < -0.39 is 0 Å². The van der Waals surface area contributed by atoms with E-state index in [4.69, 9.17) is 5.10 Å². The molecular weight excluding hydrogens is 338 g/mol. The third kappa shape index (κ3) is 2.87. The van der Waals surface area contributed by atoms with Gasteiger partial charge in [0.2, 0.25) is 5.91 Å². The molecule has 0 fully saturated rings. The van der Waals surface area contributed by atoms with Gasteiger partial charge in [0.25, 0.3) is 0 Å². The maximum Gasteiger partial charge on any atom is 0.226 e. The van der Waals surface area contributed by atoms with Crippen molar-refractivity contribution in [2.45, 2.75) is 39.7 Å². The van der Waals surface area contributed by atoms with Gasteiger partial charge >= 0.3 is 0 Å². The number of hydrogen-bond acceptors (Lipinski definition) is 3. The predicted octanol–water partition coefficient (Wildman–Crippen LogP) is 3.65. The molecule has 138 valence electrons. The summed E-state index contributed by atoms with van der Waals surface area (Å²) in [6.45, 7) is 10.5. The molecule has 1 N–H and O–H groups in total. The highest BCUT2D eigenvalue weighted by Crippen LogP contribution is 2.41. The van der Waals surface area contributed by atoms with Crippen LogP contribution in [0, 0.1) is 20.8 Å². The number of rotatable bonds is 4. The van der Waals surface area contributed by atoms with Crippen LogP contribution in [0.2, 0.25) is 0 Å². The van der Waals surface area contributed by atoms with Crippen molar-refractivity contribution >= 4 is 11.7 Å². The normalized spacial score (nSPS) is 16.1. The van der Waals surface area contributed by atoms with Crippen LogP contribution in [0.3, 0.4) is 0 Å². The summed E-state index contributed by atoms with van der Waals surface area (Å²) >= 11 is 0. The molecule has 0 radical (unpaired) electrons. The topological polar surface area (TPSA) is 64.7 Å². The molecule has 1 aliphatic heterocycles. The fraction of sp³-hybridized carbons (Fsp3) is 0.286. The van der Waals surface area contributed by atoms with Gasteiger partial charge in [0.1, 0.15) is 5.82 Å². The molecule has 0 spiro atoms.